The average Bonchev–Trinajstić information content (AvgIpc) is 2.48. The molecule has 3 heteroatoms. The van der Waals surface area contributed by atoms with Gasteiger partial charge in [0.1, 0.15) is 0 Å². The van der Waals surface area contributed by atoms with Crippen LogP contribution >= 0.6 is 0 Å². The van der Waals surface area contributed by atoms with E-state index in [1.54, 1.807) is 0 Å². The second-order valence-corrected chi connectivity index (χ2v) is 5.54. The molecule has 1 aromatic carbocycles. The first-order valence-corrected chi connectivity index (χ1v) is 7.24. The molecule has 19 heavy (non-hydrogen) atoms. The molecule has 3 atom stereocenters. The summed E-state index contributed by atoms with van der Waals surface area (Å²) in [6, 6.07) is 10.2. The molecule has 1 amide bonds. The van der Waals surface area contributed by atoms with Crippen molar-refractivity contribution >= 4 is 5.91 Å². The minimum Gasteiger partial charge on any atom is -0.353 e. The van der Waals surface area contributed by atoms with Crippen LogP contribution in [0.25, 0.3) is 0 Å². The van der Waals surface area contributed by atoms with E-state index >= 15 is 0 Å². The minimum absolute atomic E-state index is 0.0831. The van der Waals surface area contributed by atoms with Crippen molar-refractivity contribution in [3.63, 3.8) is 0 Å². The van der Waals surface area contributed by atoms with E-state index < -0.39 is 0 Å². The van der Waals surface area contributed by atoms with Gasteiger partial charge in [-0.1, -0.05) is 30.3 Å². The standard InChI is InChI=1S/C16H24N2O/c1-12(14-7-4-3-5-8-14)16(19)18-13(2)15-9-6-10-17-11-15/h3-5,7-8,12-13,15,17H,6,9-11H2,1-2H3,(H,18,19). The molecule has 1 saturated heterocycles. The summed E-state index contributed by atoms with van der Waals surface area (Å²) in [5, 5.41) is 6.57. The largest absolute Gasteiger partial charge is 0.353 e. The van der Waals surface area contributed by atoms with Gasteiger partial charge in [-0.3, -0.25) is 4.79 Å². The molecule has 104 valence electrons. The number of carbonyl (C=O) groups is 1. The van der Waals surface area contributed by atoms with Gasteiger partial charge in [0.15, 0.2) is 0 Å². The van der Waals surface area contributed by atoms with Gasteiger partial charge in [-0.25, -0.2) is 0 Å². The van der Waals surface area contributed by atoms with Crippen molar-refractivity contribution in [2.75, 3.05) is 13.1 Å². The number of hydrogen-bond acceptors (Lipinski definition) is 2. The van der Waals surface area contributed by atoms with Gasteiger partial charge < -0.3 is 10.6 Å². The first-order valence-electron chi connectivity index (χ1n) is 7.24. The van der Waals surface area contributed by atoms with Gasteiger partial charge in [-0.2, -0.15) is 0 Å². The number of piperidine rings is 1. The van der Waals surface area contributed by atoms with Gasteiger partial charge in [0.25, 0.3) is 0 Å². The van der Waals surface area contributed by atoms with Crippen molar-refractivity contribution in [3.05, 3.63) is 35.9 Å². The zero-order chi connectivity index (χ0) is 13.7. The molecule has 0 bridgehead atoms. The quantitative estimate of drug-likeness (QED) is 0.872. The van der Waals surface area contributed by atoms with Gasteiger partial charge in [0, 0.05) is 6.04 Å². The predicted octanol–water partition coefficient (Wildman–Crippen LogP) is 2.29. The maximum Gasteiger partial charge on any atom is 0.227 e. The van der Waals surface area contributed by atoms with E-state index in [9.17, 15) is 4.79 Å². The molecular weight excluding hydrogens is 236 g/mol. The lowest BCUT2D eigenvalue weighted by atomic mass is 9.92. The number of benzene rings is 1. The van der Waals surface area contributed by atoms with E-state index in [0.717, 1.165) is 18.7 Å². The Morgan fingerprint density at radius 1 is 1.32 bits per heavy atom. The summed E-state index contributed by atoms with van der Waals surface area (Å²) in [4.78, 5) is 12.3. The minimum atomic E-state index is -0.0831. The van der Waals surface area contributed by atoms with Crippen LogP contribution in [0.4, 0.5) is 0 Å². The van der Waals surface area contributed by atoms with Gasteiger partial charge in [-0.05, 0) is 51.3 Å². The van der Waals surface area contributed by atoms with Crippen LogP contribution in [0.5, 0.6) is 0 Å². The van der Waals surface area contributed by atoms with E-state index in [2.05, 4.69) is 17.6 Å². The summed E-state index contributed by atoms with van der Waals surface area (Å²) in [6.07, 6.45) is 2.41. The van der Waals surface area contributed by atoms with Gasteiger partial charge in [0.2, 0.25) is 5.91 Å². The van der Waals surface area contributed by atoms with Crippen molar-refractivity contribution in [1.29, 1.82) is 0 Å². The molecule has 0 aromatic heterocycles. The Kier molecular flexibility index (Phi) is 4.97. The highest BCUT2D eigenvalue weighted by Crippen LogP contribution is 2.18. The Bertz CT molecular complexity index is 398. The van der Waals surface area contributed by atoms with Crippen LogP contribution in [0, 0.1) is 5.92 Å². The first kappa shape index (κ1) is 14.1. The van der Waals surface area contributed by atoms with Crippen LogP contribution in [0.1, 0.15) is 38.2 Å². The number of nitrogens with one attached hydrogen (secondary N) is 2. The number of rotatable bonds is 4. The monoisotopic (exact) mass is 260 g/mol. The molecule has 3 unspecified atom stereocenters. The number of hydrogen-bond donors (Lipinski definition) is 2. The summed E-state index contributed by atoms with van der Waals surface area (Å²) in [5.74, 6) is 0.602. The van der Waals surface area contributed by atoms with E-state index in [0.29, 0.717) is 5.92 Å². The normalized spacial score (nSPS) is 22.5. The van der Waals surface area contributed by atoms with Crippen molar-refractivity contribution < 1.29 is 4.79 Å². The molecule has 1 aliphatic heterocycles. The van der Waals surface area contributed by atoms with E-state index in [-0.39, 0.29) is 17.9 Å². The molecular formula is C16H24N2O. The van der Waals surface area contributed by atoms with Crippen LogP contribution in [0.2, 0.25) is 0 Å². The van der Waals surface area contributed by atoms with Crippen LogP contribution in [0.3, 0.4) is 0 Å². The first-order chi connectivity index (χ1) is 9.18. The summed E-state index contributed by atoms with van der Waals surface area (Å²) in [6.45, 7) is 6.21. The topological polar surface area (TPSA) is 41.1 Å². The SMILES string of the molecule is CC(C(=O)NC(C)C1CCCNC1)c1ccccc1. The van der Waals surface area contributed by atoms with Gasteiger partial charge in [-0.15, -0.1) is 0 Å². The summed E-state index contributed by atoms with van der Waals surface area (Å²) in [7, 11) is 0. The fourth-order valence-electron chi connectivity index (χ4n) is 2.67. The zero-order valence-electron chi connectivity index (χ0n) is 11.9. The molecule has 1 fully saturated rings. The van der Waals surface area contributed by atoms with E-state index in [1.165, 1.54) is 12.8 Å². The maximum absolute atomic E-state index is 12.3. The Morgan fingerprint density at radius 3 is 2.68 bits per heavy atom. The predicted molar refractivity (Wildman–Crippen MR) is 78.1 cm³/mol. The molecule has 0 saturated carbocycles. The lowest BCUT2D eigenvalue weighted by molar-refractivity contribution is -0.123. The third kappa shape index (κ3) is 3.80. The van der Waals surface area contributed by atoms with Crippen LogP contribution in [0.15, 0.2) is 30.3 Å². The maximum atomic E-state index is 12.3. The molecule has 1 heterocycles. The van der Waals surface area contributed by atoms with Crippen LogP contribution in [-0.2, 0) is 4.79 Å². The van der Waals surface area contributed by atoms with Crippen LogP contribution < -0.4 is 10.6 Å². The van der Waals surface area contributed by atoms with Gasteiger partial charge in [0.05, 0.1) is 5.92 Å². The van der Waals surface area contributed by atoms with E-state index in [4.69, 9.17) is 0 Å². The fraction of sp³-hybridized carbons (Fsp3) is 0.562. The second-order valence-electron chi connectivity index (χ2n) is 5.54. The summed E-state index contributed by atoms with van der Waals surface area (Å²) in [5.41, 5.74) is 1.08. The highest BCUT2D eigenvalue weighted by Gasteiger charge is 2.23. The lowest BCUT2D eigenvalue weighted by Crippen LogP contribution is -2.45. The highest BCUT2D eigenvalue weighted by molar-refractivity contribution is 5.83. The van der Waals surface area contributed by atoms with E-state index in [1.807, 2.05) is 37.3 Å². The molecule has 0 spiro atoms. The fourth-order valence-corrected chi connectivity index (χ4v) is 2.67. The Morgan fingerprint density at radius 2 is 2.05 bits per heavy atom. The van der Waals surface area contributed by atoms with Crippen molar-refractivity contribution in [3.8, 4) is 0 Å². The molecule has 1 aliphatic rings. The lowest BCUT2D eigenvalue weighted by Gasteiger charge is -2.29. The molecule has 0 aliphatic carbocycles. The third-order valence-corrected chi connectivity index (χ3v) is 4.10. The molecule has 2 N–H and O–H groups in total. The van der Waals surface area contributed by atoms with Gasteiger partial charge >= 0.3 is 0 Å². The molecule has 3 nitrogen and oxygen atoms in total. The average molecular weight is 260 g/mol. The Hall–Kier alpha value is -1.35. The highest BCUT2D eigenvalue weighted by atomic mass is 16.1. The number of amides is 1. The Balaban J connectivity index is 1.89. The summed E-state index contributed by atoms with van der Waals surface area (Å²) >= 11 is 0. The zero-order valence-corrected chi connectivity index (χ0v) is 11.9. The summed E-state index contributed by atoms with van der Waals surface area (Å²) < 4.78 is 0. The molecule has 0 radical (unpaired) electrons. The molecule has 2 rings (SSSR count). The van der Waals surface area contributed by atoms with Crippen molar-refractivity contribution in [2.45, 2.75) is 38.6 Å². The number of carbonyl (C=O) groups excluding carboxylic acids is 1. The van der Waals surface area contributed by atoms with Crippen molar-refractivity contribution in [1.82, 2.24) is 10.6 Å². The van der Waals surface area contributed by atoms with Crippen LogP contribution in [-0.4, -0.2) is 25.0 Å². The molecule has 1 aromatic rings. The smallest absolute Gasteiger partial charge is 0.227 e. The van der Waals surface area contributed by atoms with Crippen molar-refractivity contribution in [2.24, 2.45) is 5.92 Å². The second kappa shape index (κ2) is 6.71. The Labute approximate surface area is 115 Å². The third-order valence-electron chi connectivity index (χ3n) is 4.10.